The number of fused-ring (bicyclic) bond motifs is 1. The van der Waals surface area contributed by atoms with E-state index in [1.54, 1.807) is 6.33 Å². The molecular formula is C13H14ClN3. The summed E-state index contributed by atoms with van der Waals surface area (Å²) in [5.74, 6) is 0. The normalized spacial score (nSPS) is 19.9. The third-order valence-corrected chi connectivity index (χ3v) is 3.52. The fraction of sp³-hybridized carbons (Fsp3) is 0.385. The molecule has 1 aliphatic rings. The molecule has 0 amide bonds. The quantitative estimate of drug-likeness (QED) is 0.887. The first-order chi connectivity index (χ1) is 8.33. The van der Waals surface area contributed by atoms with Crippen molar-refractivity contribution in [1.29, 1.82) is 0 Å². The van der Waals surface area contributed by atoms with Crippen molar-refractivity contribution < 1.29 is 0 Å². The molecule has 17 heavy (non-hydrogen) atoms. The molecule has 1 N–H and O–H groups in total. The smallest absolute Gasteiger partial charge is 0.116 e. The van der Waals surface area contributed by atoms with Crippen LogP contribution in [0.25, 0.3) is 10.9 Å². The molecule has 4 heteroatoms. The van der Waals surface area contributed by atoms with Gasteiger partial charge < -0.3 is 5.32 Å². The van der Waals surface area contributed by atoms with Crippen molar-refractivity contribution in [3.8, 4) is 0 Å². The van der Waals surface area contributed by atoms with E-state index in [0.29, 0.717) is 6.04 Å². The fourth-order valence-electron chi connectivity index (χ4n) is 2.41. The Bertz CT molecular complexity index is 535. The summed E-state index contributed by atoms with van der Waals surface area (Å²) in [4.78, 5) is 8.67. The predicted molar refractivity (Wildman–Crippen MR) is 69.3 cm³/mol. The van der Waals surface area contributed by atoms with E-state index in [9.17, 15) is 0 Å². The Hall–Kier alpha value is -1.19. The van der Waals surface area contributed by atoms with Gasteiger partial charge in [-0.25, -0.2) is 9.97 Å². The van der Waals surface area contributed by atoms with Gasteiger partial charge in [-0.1, -0.05) is 11.6 Å². The fourth-order valence-corrected chi connectivity index (χ4v) is 2.58. The van der Waals surface area contributed by atoms with Gasteiger partial charge in [-0.05, 0) is 37.6 Å². The zero-order chi connectivity index (χ0) is 11.7. The summed E-state index contributed by atoms with van der Waals surface area (Å²) < 4.78 is 0. The maximum absolute atomic E-state index is 6.04. The molecule has 2 heterocycles. The second-order valence-corrected chi connectivity index (χ2v) is 4.92. The van der Waals surface area contributed by atoms with Crippen molar-refractivity contribution in [2.24, 2.45) is 0 Å². The topological polar surface area (TPSA) is 37.8 Å². The third-order valence-electron chi connectivity index (χ3n) is 3.28. The highest BCUT2D eigenvalue weighted by atomic mass is 35.5. The summed E-state index contributed by atoms with van der Waals surface area (Å²) in [6, 6.07) is 6.33. The number of nitrogens with zero attached hydrogens (tertiary/aromatic N) is 2. The van der Waals surface area contributed by atoms with Gasteiger partial charge >= 0.3 is 0 Å². The average molecular weight is 248 g/mol. The van der Waals surface area contributed by atoms with Crippen LogP contribution >= 0.6 is 11.6 Å². The summed E-state index contributed by atoms with van der Waals surface area (Å²) in [5, 5.41) is 5.31. The van der Waals surface area contributed by atoms with Crippen LogP contribution in [0.3, 0.4) is 0 Å². The molecule has 0 radical (unpaired) electrons. The van der Waals surface area contributed by atoms with Crippen LogP contribution in [0.2, 0.25) is 5.02 Å². The molecule has 88 valence electrons. The zero-order valence-corrected chi connectivity index (χ0v) is 10.2. The van der Waals surface area contributed by atoms with Crippen molar-refractivity contribution in [2.45, 2.75) is 25.3 Å². The lowest BCUT2D eigenvalue weighted by atomic mass is 10.1. The lowest BCUT2D eigenvalue weighted by molar-refractivity contribution is 0.597. The molecule has 2 aromatic rings. The largest absolute Gasteiger partial charge is 0.314 e. The Morgan fingerprint density at radius 1 is 1.35 bits per heavy atom. The summed E-state index contributed by atoms with van der Waals surface area (Å²) in [5.41, 5.74) is 2.06. The number of hydrogen-bond donors (Lipinski definition) is 1. The molecule has 1 atom stereocenters. The Balaban J connectivity index is 1.99. The predicted octanol–water partition coefficient (Wildman–Crippen LogP) is 2.58. The highest BCUT2D eigenvalue weighted by Crippen LogP contribution is 2.22. The molecule has 1 aliphatic heterocycles. The number of halogens is 1. The van der Waals surface area contributed by atoms with Crippen molar-refractivity contribution >= 4 is 22.5 Å². The first kappa shape index (κ1) is 10.9. The van der Waals surface area contributed by atoms with Gasteiger partial charge in [0.15, 0.2) is 0 Å². The number of aromatic nitrogens is 2. The van der Waals surface area contributed by atoms with Gasteiger partial charge in [0.05, 0.1) is 11.2 Å². The van der Waals surface area contributed by atoms with Gasteiger partial charge in [0.1, 0.15) is 6.33 Å². The molecule has 1 aromatic carbocycles. The molecule has 1 aromatic heterocycles. The number of hydrogen-bond acceptors (Lipinski definition) is 3. The molecule has 1 fully saturated rings. The van der Waals surface area contributed by atoms with E-state index in [2.05, 4.69) is 15.3 Å². The highest BCUT2D eigenvalue weighted by molar-refractivity contribution is 6.31. The number of nitrogens with one attached hydrogen (secondary N) is 1. The van der Waals surface area contributed by atoms with Crippen LogP contribution in [-0.2, 0) is 6.42 Å². The van der Waals surface area contributed by atoms with Crippen LogP contribution in [0, 0.1) is 0 Å². The summed E-state index contributed by atoms with van der Waals surface area (Å²) in [6.07, 6.45) is 5.08. The van der Waals surface area contributed by atoms with E-state index in [4.69, 9.17) is 11.6 Å². The van der Waals surface area contributed by atoms with Gasteiger partial charge in [-0.2, -0.15) is 0 Å². The molecule has 0 aliphatic carbocycles. The molecule has 1 saturated heterocycles. The molecule has 3 rings (SSSR count). The molecule has 1 unspecified atom stereocenters. The van der Waals surface area contributed by atoms with Gasteiger partial charge in [-0.15, -0.1) is 0 Å². The Labute approximate surface area is 105 Å². The minimum absolute atomic E-state index is 0.548. The zero-order valence-electron chi connectivity index (χ0n) is 9.49. The lowest BCUT2D eigenvalue weighted by Crippen LogP contribution is -2.24. The molecule has 0 bridgehead atoms. The van der Waals surface area contributed by atoms with Crippen molar-refractivity contribution in [2.75, 3.05) is 6.54 Å². The van der Waals surface area contributed by atoms with Gasteiger partial charge in [0.2, 0.25) is 0 Å². The van der Waals surface area contributed by atoms with E-state index in [0.717, 1.165) is 34.6 Å². The average Bonchev–Trinajstić information content (AvgIpc) is 2.83. The van der Waals surface area contributed by atoms with Crippen LogP contribution in [0.1, 0.15) is 18.5 Å². The first-order valence-electron chi connectivity index (χ1n) is 5.95. The minimum Gasteiger partial charge on any atom is -0.314 e. The summed E-state index contributed by atoms with van der Waals surface area (Å²) in [7, 11) is 0. The molecule has 3 nitrogen and oxygen atoms in total. The summed E-state index contributed by atoms with van der Waals surface area (Å²) in [6.45, 7) is 1.12. The van der Waals surface area contributed by atoms with Crippen molar-refractivity contribution in [3.05, 3.63) is 35.2 Å². The van der Waals surface area contributed by atoms with Crippen LogP contribution in [0.4, 0.5) is 0 Å². The number of benzene rings is 1. The van der Waals surface area contributed by atoms with E-state index < -0.39 is 0 Å². The Morgan fingerprint density at radius 2 is 2.29 bits per heavy atom. The van der Waals surface area contributed by atoms with Crippen LogP contribution < -0.4 is 5.32 Å². The van der Waals surface area contributed by atoms with Crippen LogP contribution in [0.15, 0.2) is 24.5 Å². The highest BCUT2D eigenvalue weighted by Gasteiger charge is 2.16. The van der Waals surface area contributed by atoms with Crippen LogP contribution in [-0.4, -0.2) is 22.6 Å². The van der Waals surface area contributed by atoms with Crippen molar-refractivity contribution in [1.82, 2.24) is 15.3 Å². The second-order valence-electron chi connectivity index (χ2n) is 4.48. The second kappa shape index (κ2) is 4.59. The lowest BCUT2D eigenvalue weighted by Gasteiger charge is -2.11. The van der Waals surface area contributed by atoms with Gasteiger partial charge in [-0.3, -0.25) is 0 Å². The van der Waals surface area contributed by atoms with Gasteiger partial charge in [0, 0.05) is 22.9 Å². The maximum Gasteiger partial charge on any atom is 0.116 e. The van der Waals surface area contributed by atoms with E-state index >= 15 is 0 Å². The molecule has 0 spiro atoms. The molecule has 0 saturated carbocycles. The van der Waals surface area contributed by atoms with Gasteiger partial charge in [0.25, 0.3) is 0 Å². The monoisotopic (exact) mass is 247 g/mol. The Morgan fingerprint density at radius 3 is 3.12 bits per heavy atom. The van der Waals surface area contributed by atoms with E-state index in [1.807, 2.05) is 18.2 Å². The van der Waals surface area contributed by atoms with E-state index in [1.165, 1.54) is 12.8 Å². The maximum atomic E-state index is 6.04. The number of rotatable bonds is 2. The van der Waals surface area contributed by atoms with E-state index in [-0.39, 0.29) is 0 Å². The minimum atomic E-state index is 0.548. The SMILES string of the molecule is Clc1ccc2ncnc(CC3CCCN3)c2c1. The summed E-state index contributed by atoms with van der Waals surface area (Å²) >= 11 is 6.04. The molecular weight excluding hydrogens is 234 g/mol. The Kier molecular flexibility index (Phi) is 2.95. The standard InChI is InChI=1S/C13H14ClN3/c14-9-3-4-12-11(6-9)13(17-8-16-12)7-10-2-1-5-15-10/h3-4,6,8,10,15H,1-2,5,7H2. The van der Waals surface area contributed by atoms with Crippen LogP contribution in [0.5, 0.6) is 0 Å². The third kappa shape index (κ3) is 2.26. The van der Waals surface area contributed by atoms with Crippen molar-refractivity contribution in [3.63, 3.8) is 0 Å². The first-order valence-corrected chi connectivity index (χ1v) is 6.33.